The van der Waals surface area contributed by atoms with E-state index < -0.39 is 22.9 Å². The van der Waals surface area contributed by atoms with Crippen LogP contribution in [0.1, 0.15) is 91.9 Å². The van der Waals surface area contributed by atoms with Crippen LogP contribution in [0, 0.1) is 56.7 Å². The first kappa shape index (κ1) is 25.7. The molecule has 0 aliphatic heterocycles. The number of carboxylic acid groups (broad SMARTS) is 1. The minimum absolute atomic E-state index is 0.0336. The van der Waals surface area contributed by atoms with Crippen molar-refractivity contribution < 1.29 is 25.2 Å². The lowest BCUT2D eigenvalue weighted by Gasteiger charge is -2.72. The van der Waals surface area contributed by atoms with Gasteiger partial charge in [-0.3, -0.25) is 4.79 Å². The van der Waals surface area contributed by atoms with Crippen molar-refractivity contribution in [1.29, 1.82) is 0 Å². The van der Waals surface area contributed by atoms with Crippen LogP contribution in [0.3, 0.4) is 0 Å². The second-order valence-electron chi connectivity index (χ2n) is 14.3. The number of hydrogen-bond donors (Lipinski definition) is 4. The Balaban J connectivity index is 1.56. The summed E-state index contributed by atoms with van der Waals surface area (Å²) in [7, 11) is 0. The summed E-state index contributed by atoms with van der Waals surface area (Å²) >= 11 is 0. The molecule has 198 valence electrons. The van der Waals surface area contributed by atoms with E-state index >= 15 is 0 Å². The van der Waals surface area contributed by atoms with E-state index in [1.165, 1.54) is 0 Å². The van der Waals surface area contributed by atoms with Gasteiger partial charge in [0.25, 0.3) is 0 Å². The van der Waals surface area contributed by atoms with Crippen LogP contribution in [0.15, 0.2) is 12.2 Å². The topological polar surface area (TPSA) is 98.0 Å². The number of hydrogen-bond acceptors (Lipinski definition) is 4. The number of aliphatic hydroxyl groups excluding tert-OH is 3. The van der Waals surface area contributed by atoms with E-state index in [2.05, 4.69) is 34.3 Å². The Bertz CT molecular complexity index is 901. The predicted molar refractivity (Wildman–Crippen MR) is 135 cm³/mol. The van der Waals surface area contributed by atoms with Gasteiger partial charge in [0.2, 0.25) is 0 Å². The Morgan fingerprint density at radius 3 is 2.20 bits per heavy atom. The fourth-order valence-corrected chi connectivity index (χ4v) is 11.6. The third-order valence-electron chi connectivity index (χ3n) is 13.7. The maximum atomic E-state index is 12.8. The van der Waals surface area contributed by atoms with Crippen LogP contribution >= 0.6 is 0 Å². The maximum absolute atomic E-state index is 12.8. The summed E-state index contributed by atoms with van der Waals surface area (Å²) in [4.78, 5) is 12.8. The van der Waals surface area contributed by atoms with Gasteiger partial charge in [0, 0.05) is 5.41 Å². The minimum Gasteiger partial charge on any atom is -0.481 e. The van der Waals surface area contributed by atoms with E-state index in [1.807, 2.05) is 0 Å². The monoisotopic (exact) mass is 488 g/mol. The quantitative estimate of drug-likeness (QED) is 0.416. The number of rotatable bonds is 4. The van der Waals surface area contributed by atoms with Crippen LogP contribution in [-0.2, 0) is 4.79 Å². The van der Waals surface area contributed by atoms with Gasteiger partial charge < -0.3 is 20.4 Å². The van der Waals surface area contributed by atoms with Crippen molar-refractivity contribution in [3.8, 4) is 0 Å². The molecule has 5 aliphatic rings. The van der Waals surface area contributed by atoms with Crippen molar-refractivity contribution in [2.24, 2.45) is 56.7 Å². The van der Waals surface area contributed by atoms with E-state index in [0.29, 0.717) is 24.2 Å². The highest BCUT2D eigenvalue weighted by molar-refractivity contribution is 5.76. The largest absolute Gasteiger partial charge is 0.481 e. The van der Waals surface area contributed by atoms with Crippen LogP contribution in [0.2, 0.25) is 0 Å². The van der Waals surface area contributed by atoms with Gasteiger partial charge in [0.05, 0.1) is 24.7 Å². The number of carboxylic acids is 1. The summed E-state index contributed by atoms with van der Waals surface area (Å²) in [6.07, 6.45) is 8.73. The lowest BCUT2D eigenvalue weighted by atomic mass is 9.32. The van der Waals surface area contributed by atoms with E-state index in [-0.39, 0.29) is 41.3 Å². The molecule has 1 unspecified atom stereocenters. The lowest BCUT2D eigenvalue weighted by Crippen LogP contribution is -2.67. The third-order valence-corrected chi connectivity index (χ3v) is 13.7. The van der Waals surface area contributed by atoms with Crippen LogP contribution in [0.4, 0.5) is 0 Å². The molecule has 0 amide bonds. The van der Waals surface area contributed by atoms with Crippen LogP contribution in [0.5, 0.6) is 0 Å². The fraction of sp³-hybridized carbons (Fsp3) is 0.900. The van der Waals surface area contributed by atoms with Crippen molar-refractivity contribution in [1.82, 2.24) is 0 Å². The Morgan fingerprint density at radius 2 is 1.57 bits per heavy atom. The second-order valence-corrected chi connectivity index (χ2v) is 14.3. The molecule has 5 saturated carbocycles. The average molecular weight is 489 g/mol. The van der Waals surface area contributed by atoms with Gasteiger partial charge in [0.15, 0.2) is 0 Å². The molecule has 0 spiro atoms. The summed E-state index contributed by atoms with van der Waals surface area (Å²) in [5.41, 5.74) is -0.0996. The zero-order valence-electron chi connectivity index (χ0n) is 22.4. The molecule has 0 heterocycles. The van der Waals surface area contributed by atoms with Crippen molar-refractivity contribution >= 4 is 5.97 Å². The molecule has 0 radical (unpaired) electrons. The highest BCUT2D eigenvalue weighted by Crippen LogP contribution is 2.77. The summed E-state index contributed by atoms with van der Waals surface area (Å²) in [5.74, 6) is 0.639. The number of aliphatic hydroxyl groups is 3. The number of carbonyl (C=O) groups is 1. The molecule has 4 N–H and O–H groups in total. The van der Waals surface area contributed by atoms with Gasteiger partial charge in [-0.15, -0.1) is 0 Å². The molecule has 0 saturated heterocycles. The number of fused-ring (bicyclic) bond motifs is 7. The first-order valence-corrected chi connectivity index (χ1v) is 14.2. The van der Waals surface area contributed by atoms with Gasteiger partial charge in [0.1, 0.15) is 0 Å². The smallest absolute Gasteiger partial charge is 0.309 e. The Hall–Kier alpha value is -0.910. The molecule has 5 aliphatic carbocycles. The molecule has 5 heteroatoms. The summed E-state index contributed by atoms with van der Waals surface area (Å²) in [6.45, 7) is 13.7. The van der Waals surface area contributed by atoms with Crippen molar-refractivity contribution in [3.05, 3.63) is 12.2 Å². The molecule has 35 heavy (non-hydrogen) atoms. The molecule has 0 aromatic heterocycles. The van der Waals surface area contributed by atoms with Crippen LogP contribution in [0.25, 0.3) is 0 Å². The van der Waals surface area contributed by atoms with E-state index in [1.54, 1.807) is 0 Å². The number of aliphatic carboxylic acids is 1. The second kappa shape index (κ2) is 8.04. The van der Waals surface area contributed by atoms with Crippen LogP contribution in [-0.4, -0.2) is 45.7 Å². The highest BCUT2D eigenvalue weighted by atomic mass is 16.4. The first-order valence-electron chi connectivity index (χ1n) is 14.2. The van der Waals surface area contributed by atoms with Gasteiger partial charge in [-0.05, 0) is 116 Å². The molecule has 5 nitrogen and oxygen atoms in total. The lowest BCUT2D eigenvalue weighted by molar-refractivity contribution is -0.254. The normalized spacial score (nSPS) is 55.3. The van der Waals surface area contributed by atoms with Gasteiger partial charge in [-0.2, -0.15) is 0 Å². The first-order chi connectivity index (χ1) is 16.4. The molecular formula is C30H48O5. The highest BCUT2D eigenvalue weighted by Gasteiger charge is 2.72. The predicted octanol–water partition coefficient (Wildman–Crippen LogP) is 5.03. The molecule has 0 aromatic carbocycles. The minimum atomic E-state index is -0.679. The summed E-state index contributed by atoms with van der Waals surface area (Å²) < 4.78 is 0. The van der Waals surface area contributed by atoms with Crippen molar-refractivity contribution in [3.63, 3.8) is 0 Å². The summed E-state index contributed by atoms with van der Waals surface area (Å²) in [6, 6.07) is 0. The van der Waals surface area contributed by atoms with E-state index in [4.69, 9.17) is 0 Å². The van der Waals surface area contributed by atoms with Crippen LogP contribution < -0.4 is 0 Å². The zero-order chi connectivity index (χ0) is 25.6. The molecule has 11 atom stereocenters. The average Bonchev–Trinajstić information content (AvgIpc) is 3.23. The Morgan fingerprint density at radius 1 is 0.857 bits per heavy atom. The molecule has 0 aromatic rings. The molecule has 5 fully saturated rings. The Kier molecular flexibility index (Phi) is 5.91. The van der Waals surface area contributed by atoms with Gasteiger partial charge in [-0.1, -0.05) is 34.3 Å². The van der Waals surface area contributed by atoms with Crippen molar-refractivity contribution in [2.75, 3.05) is 13.2 Å². The fourth-order valence-electron chi connectivity index (χ4n) is 11.6. The van der Waals surface area contributed by atoms with E-state index in [0.717, 1.165) is 63.4 Å². The standard InChI is InChI=1S/C30H48O5/c1-18(16-31)19-8-13-30(25(34)35)15-14-28(4)20(24(19)30)6-7-22-26(2)11-10-23(33)27(3,17-32)21(26)9-12-29(22,28)5/h19-24,31-33H,1,6-17H2,2-5H3,(H,34,35)/t19-,20?,21+,22+,23-,24+,26-,27-,28+,29+,30-/m0/s1. The third kappa shape index (κ3) is 3.01. The van der Waals surface area contributed by atoms with Gasteiger partial charge >= 0.3 is 5.97 Å². The Labute approximate surface area is 211 Å². The van der Waals surface area contributed by atoms with Crippen molar-refractivity contribution in [2.45, 2.75) is 98.0 Å². The summed E-state index contributed by atoms with van der Waals surface area (Å²) in [5, 5.41) is 41.8. The molecule has 0 bridgehead atoms. The molecular weight excluding hydrogens is 440 g/mol. The zero-order valence-corrected chi connectivity index (χ0v) is 22.4. The molecule has 5 rings (SSSR count). The SMILES string of the molecule is C=C(CO)[C@@H]1CC[C@]2(C(=O)O)CC[C@]3(C)C(CC[C@@H]4[C@@]5(C)CC[C@H](O)[C@@](C)(CO)[C@@H]5CC[C@]43C)[C@@H]12. The van der Waals surface area contributed by atoms with E-state index in [9.17, 15) is 25.2 Å². The van der Waals surface area contributed by atoms with Gasteiger partial charge in [-0.25, -0.2) is 0 Å². The maximum Gasteiger partial charge on any atom is 0.309 e.